The Morgan fingerprint density at radius 1 is 1.53 bits per heavy atom. The zero-order valence-electron chi connectivity index (χ0n) is 11.0. The Kier molecular flexibility index (Phi) is 4.18. The predicted octanol–water partition coefficient (Wildman–Crippen LogP) is 1.63. The van der Waals surface area contributed by atoms with E-state index < -0.39 is 0 Å². The maximum absolute atomic E-state index is 5.68. The molecular weight excluding hydrogens is 212 g/mol. The van der Waals surface area contributed by atoms with Gasteiger partial charge in [-0.05, 0) is 31.4 Å². The summed E-state index contributed by atoms with van der Waals surface area (Å²) in [6.45, 7) is 8.39. The van der Waals surface area contributed by atoms with Crippen molar-refractivity contribution >= 4 is 0 Å². The molecule has 4 heteroatoms. The summed E-state index contributed by atoms with van der Waals surface area (Å²) in [7, 11) is 0. The minimum atomic E-state index is 0.528. The molecule has 0 spiro atoms. The third kappa shape index (κ3) is 2.87. The van der Waals surface area contributed by atoms with Crippen molar-refractivity contribution in [2.24, 2.45) is 11.7 Å². The molecule has 2 heterocycles. The van der Waals surface area contributed by atoms with E-state index in [1.165, 1.54) is 25.1 Å². The fraction of sp³-hybridized carbons (Fsp3) is 0.769. The fourth-order valence-electron chi connectivity index (χ4n) is 2.72. The normalized spacial score (nSPS) is 21.5. The number of rotatable bonds is 5. The Hall–Kier alpha value is -0.870. The van der Waals surface area contributed by atoms with Crippen LogP contribution in [-0.4, -0.2) is 34.3 Å². The molecule has 0 amide bonds. The summed E-state index contributed by atoms with van der Waals surface area (Å²) in [6, 6.07) is 2.70. The summed E-state index contributed by atoms with van der Waals surface area (Å²) in [5.41, 5.74) is 7.04. The first-order valence-corrected chi connectivity index (χ1v) is 6.68. The lowest BCUT2D eigenvalue weighted by atomic mass is 10.1. The number of likely N-dealkylation sites (tertiary alicyclic amines) is 1. The molecule has 4 nitrogen and oxygen atoms in total. The molecule has 0 aromatic carbocycles. The van der Waals surface area contributed by atoms with E-state index in [4.69, 9.17) is 5.73 Å². The van der Waals surface area contributed by atoms with Crippen LogP contribution in [0.25, 0.3) is 0 Å². The molecule has 0 radical (unpaired) electrons. The topological polar surface area (TPSA) is 47.1 Å². The minimum absolute atomic E-state index is 0.528. The quantitative estimate of drug-likeness (QED) is 0.845. The zero-order valence-corrected chi connectivity index (χ0v) is 11.0. The summed E-state index contributed by atoms with van der Waals surface area (Å²) < 4.78 is 2.17. The Morgan fingerprint density at radius 3 is 3.06 bits per heavy atom. The molecule has 1 aliphatic heterocycles. The molecular formula is C13H24N4. The van der Waals surface area contributed by atoms with Crippen LogP contribution in [0.2, 0.25) is 0 Å². The second kappa shape index (κ2) is 5.65. The van der Waals surface area contributed by atoms with Gasteiger partial charge in [-0.3, -0.25) is 9.58 Å². The standard InChI is InChI=1S/C13H24N4/c1-11(2)10-17-13(5-7-15-17)12-4-3-8-16(12)9-6-14/h5,7,11-12H,3-4,6,8-10,14H2,1-2H3/t12-/m0/s1. The number of hydrogen-bond donors (Lipinski definition) is 1. The van der Waals surface area contributed by atoms with Crippen LogP contribution in [0, 0.1) is 5.92 Å². The highest BCUT2D eigenvalue weighted by Gasteiger charge is 2.27. The summed E-state index contributed by atoms with van der Waals surface area (Å²) in [4.78, 5) is 2.49. The lowest BCUT2D eigenvalue weighted by molar-refractivity contribution is 0.250. The molecule has 2 N–H and O–H groups in total. The van der Waals surface area contributed by atoms with Gasteiger partial charge in [0, 0.05) is 25.8 Å². The van der Waals surface area contributed by atoms with Crippen molar-refractivity contribution in [2.45, 2.75) is 39.3 Å². The van der Waals surface area contributed by atoms with Crippen molar-refractivity contribution in [2.75, 3.05) is 19.6 Å². The van der Waals surface area contributed by atoms with Gasteiger partial charge in [0.05, 0.1) is 11.7 Å². The third-order valence-electron chi connectivity index (χ3n) is 3.41. The van der Waals surface area contributed by atoms with E-state index in [1.807, 2.05) is 6.20 Å². The van der Waals surface area contributed by atoms with Gasteiger partial charge >= 0.3 is 0 Å². The first kappa shape index (κ1) is 12.6. The summed E-state index contributed by atoms with van der Waals surface area (Å²) in [5, 5.41) is 4.45. The molecule has 1 atom stereocenters. The van der Waals surface area contributed by atoms with Crippen LogP contribution in [0.5, 0.6) is 0 Å². The van der Waals surface area contributed by atoms with Crippen LogP contribution >= 0.6 is 0 Å². The van der Waals surface area contributed by atoms with E-state index in [-0.39, 0.29) is 0 Å². The van der Waals surface area contributed by atoms with Crippen molar-refractivity contribution in [3.8, 4) is 0 Å². The van der Waals surface area contributed by atoms with Gasteiger partial charge in [-0.2, -0.15) is 5.10 Å². The highest BCUT2D eigenvalue weighted by molar-refractivity contribution is 5.09. The second-order valence-electron chi connectivity index (χ2n) is 5.31. The Morgan fingerprint density at radius 2 is 2.35 bits per heavy atom. The van der Waals surface area contributed by atoms with Crippen LogP contribution in [0.4, 0.5) is 0 Å². The predicted molar refractivity (Wildman–Crippen MR) is 69.7 cm³/mol. The van der Waals surface area contributed by atoms with E-state index in [2.05, 4.69) is 34.6 Å². The molecule has 1 fully saturated rings. The van der Waals surface area contributed by atoms with Crippen molar-refractivity contribution in [1.29, 1.82) is 0 Å². The highest BCUT2D eigenvalue weighted by Crippen LogP contribution is 2.31. The number of aromatic nitrogens is 2. The second-order valence-corrected chi connectivity index (χ2v) is 5.31. The van der Waals surface area contributed by atoms with Crippen molar-refractivity contribution in [1.82, 2.24) is 14.7 Å². The van der Waals surface area contributed by atoms with E-state index in [0.717, 1.165) is 19.6 Å². The maximum Gasteiger partial charge on any atom is 0.0555 e. The molecule has 96 valence electrons. The SMILES string of the molecule is CC(C)Cn1nccc1[C@@H]1CCCN1CCN. The van der Waals surface area contributed by atoms with Crippen molar-refractivity contribution in [3.05, 3.63) is 18.0 Å². The van der Waals surface area contributed by atoms with E-state index in [9.17, 15) is 0 Å². The Balaban J connectivity index is 2.12. The van der Waals surface area contributed by atoms with Crippen LogP contribution in [0.15, 0.2) is 12.3 Å². The number of hydrogen-bond acceptors (Lipinski definition) is 3. The minimum Gasteiger partial charge on any atom is -0.329 e. The largest absolute Gasteiger partial charge is 0.329 e. The van der Waals surface area contributed by atoms with Crippen LogP contribution in [-0.2, 0) is 6.54 Å². The highest BCUT2D eigenvalue weighted by atomic mass is 15.3. The van der Waals surface area contributed by atoms with Gasteiger partial charge in [-0.25, -0.2) is 0 Å². The van der Waals surface area contributed by atoms with Gasteiger partial charge in [0.1, 0.15) is 0 Å². The van der Waals surface area contributed by atoms with Crippen molar-refractivity contribution in [3.63, 3.8) is 0 Å². The maximum atomic E-state index is 5.68. The zero-order chi connectivity index (χ0) is 12.3. The van der Waals surface area contributed by atoms with Gasteiger partial charge in [0.25, 0.3) is 0 Å². The molecule has 0 aliphatic carbocycles. The molecule has 1 aliphatic rings. The van der Waals surface area contributed by atoms with Gasteiger partial charge in [-0.15, -0.1) is 0 Å². The van der Waals surface area contributed by atoms with E-state index in [1.54, 1.807) is 0 Å². The molecule has 1 saturated heterocycles. The lowest BCUT2D eigenvalue weighted by Gasteiger charge is -2.25. The molecule has 17 heavy (non-hydrogen) atoms. The smallest absolute Gasteiger partial charge is 0.0555 e. The van der Waals surface area contributed by atoms with Gasteiger partial charge < -0.3 is 5.73 Å². The van der Waals surface area contributed by atoms with Crippen LogP contribution in [0.1, 0.15) is 38.4 Å². The lowest BCUT2D eigenvalue weighted by Crippen LogP contribution is -2.30. The summed E-state index contributed by atoms with van der Waals surface area (Å²) in [5.74, 6) is 0.637. The molecule has 0 bridgehead atoms. The number of nitrogens with two attached hydrogens (primary N) is 1. The molecule has 1 aromatic heterocycles. The fourth-order valence-corrected chi connectivity index (χ4v) is 2.72. The average Bonchev–Trinajstić information content (AvgIpc) is 2.86. The summed E-state index contributed by atoms with van der Waals surface area (Å²) in [6.07, 6.45) is 4.44. The van der Waals surface area contributed by atoms with Crippen molar-refractivity contribution < 1.29 is 0 Å². The molecule has 0 saturated carbocycles. The third-order valence-corrected chi connectivity index (χ3v) is 3.41. The van der Waals surface area contributed by atoms with E-state index >= 15 is 0 Å². The van der Waals surface area contributed by atoms with Crippen LogP contribution < -0.4 is 5.73 Å². The van der Waals surface area contributed by atoms with Crippen LogP contribution in [0.3, 0.4) is 0 Å². The Labute approximate surface area is 104 Å². The van der Waals surface area contributed by atoms with Gasteiger partial charge in [0.15, 0.2) is 0 Å². The molecule has 0 unspecified atom stereocenters. The van der Waals surface area contributed by atoms with Gasteiger partial charge in [-0.1, -0.05) is 13.8 Å². The molecule has 2 rings (SSSR count). The monoisotopic (exact) mass is 236 g/mol. The molecule has 1 aromatic rings. The first-order chi connectivity index (χ1) is 8.22. The van der Waals surface area contributed by atoms with E-state index in [0.29, 0.717) is 12.0 Å². The first-order valence-electron chi connectivity index (χ1n) is 6.68. The van der Waals surface area contributed by atoms with Gasteiger partial charge in [0.2, 0.25) is 0 Å². The Bertz CT molecular complexity index is 345. The average molecular weight is 236 g/mol. The number of nitrogens with zero attached hydrogens (tertiary/aromatic N) is 3. The summed E-state index contributed by atoms with van der Waals surface area (Å²) >= 11 is 0.